The third kappa shape index (κ3) is 4.84. The Hall–Kier alpha value is -3.58. The first-order valence-corrected chi connectivity index (χ1v) is 11.1. The van der Waals surface area contributed by atoms with Crippen molar-refractivity contribution in [3.8, 4) is 10.7 Å². The summed E-state index contributed by atoms with van der Waals surface area (Å²) in [6, 6.07) is 7.36. The normalized spacial score (nSPS) is 14.4. The van der Waals surface area contributed by atoms with Gasteiger partial charge in [-0.2, -0.15) is 18.2 Å². The van der Waals surface area contributed by atoms with Crippen LogP contribution in [-0.2, 0) is 17.5 Å². The number of rotatable bonds is 6. The zero-order valence-electron chi connectivity index (χ0n) is 17.6. The van der Waals surface area contributed by atoms with Gasteiger partial charge < -0.3 is 19.1 Å². The van der Waals surface area contributed by atoms with Gasteiger partial charge in [0, 0.05) is 30.4 Å². The van der Waals surface area contributed by atoms with Crippen LogP contribution in [0.1, 0.15) is 10.8 Å². The maximum absolute atomic E-state index is 12.8. The third-order valence-electron chi connectivity index (χ3n) is 5.08. The first-order valence-electron chi connectivity index (χ1n) is 10.3. The van der Waals surface area contributed by atoms with Crippen LogP contribution in [0, 0.1) is 0 Å². The Balaban J connectivity index is 1.39. The molecule has 4 aromatic rings. The van der Waals surface area contributed by atoms with Gasteiger partial charge in [0.1, 0.15) is 5.82 Å². The van der Waals surface area contributed by atoms with Gasteiger partial charge in [-0.25, -0.2) is 9.97 Å². The van der Waals surface area contributed by atoms with E-state index >= 15 is 0 Å². The fraction of sp³-hybridized carbons (Fsp3) is 0.286. The molecule has 34 heavy (non-hydrogen) atoms. The highest BCUT2D eigenvalue weighted by Gasteiger charge is 2.38. The fourth-order valence-electron chi connectivity index (χ4n) is 3.43. The Morgan fingerprint density at radius 2 is 1.85 bits per heavy atom. The van der Waals surface area contributed by atoms with E-state index in [-0.39, 0.29) is 5.82 Å². The van der Waals surface area contributed by atoms with E-state index in [0.29, 0.717) is 36.3 Å². The second kappa shape index (κ2) is 9.35. The smallest absolute Gasteiger partial charge is 0.378 e. The van der Waals surface area contributed by atoms with E-state index in [4.69, 9.17) is 4.74 Å². The number of morpholine rings is 1. The Labute approximate surface area is 195 Å². The van der Waals surface area contributed by atoms with Crippen LogP contribution >= 0.6 is 11.3 Å². The lowest BCUT2D eigenvalue weighted by Gasteiger charge is -2.29. The molecule has 13 heteroatoms. The lowest BCUT2D eigenvalue weighted by molar-refractivity contribution is -0.159. The summed E-state index contributed by atoms with van der Waals surface area (Å²) >= 11 is 1.26. The molecule has 0 spiro atoms. The van der Waals surface area contributed by atoms with Gasteiger partial charge in [-0.15, -0.1) is 11.3 Å². The molecule has 0 bridgehead atoms. The SMILES string of the molecule is FC(F)(F)c1nc(-c2ccc(CN(c3ccc(N4CCOCC4)cn3)c3cnccn3)s2)no1. The number of pyridine rings is 1. The predicted molar refractivity (Wildman–Crippen MR) is 118 cm³/mol. The van der Waals surface area contributed by atoms with Gasteiger partial charge in [-0.05, 0) is 24.3 Å². The molecule has 0 atom stereocenters. The summed E-state index contributed by atoms with van der Waals surface area (Å²) in [6.45, 7) is 3.34. The van der Waals surface area contributed by atoms with Crippen LogP contribution in [0.2, 0.25) is 0 Å². The number of halogens is 3. The molecule has 0 amide bonds. The number of aromatic nitrogens is 5. The minimum atomic E-state index is -4.69. The average molecular weight is 489 g/mol. The van der Waals surface area contributed by atoms with Gasteiger partial charge in [0.15, 0.2) is 5.82 Å². The minimum Gasteiger partial charge on any atom is -0.378 e. The first-order chi connectivity index (χ1) is 16.5. The third-order valence-corrected chi connectivity index (χ3v) is 6.14. The van der Waals surface area contributed by atoms with Crippen molar-refractivity contribution in [1.29, 1.82) is 0 Å². The van der Waals surface area contributed by atoms with Gasteiger partial charge in [-0.3, -0.25) is 4.98 Å². The molecule has 1 saturated heterocycles. The molecule has 5 rings (SSSR count). The van der Waals surface area contributed by atoms with Crippen LogP contribution < -0.4 is 9.80 Å². The first kappa shape index (κ1) is 22.2. The molecule has 176 valence electrons. The van der Waals surface area contributed by atoms with Gasteiger partial charge in [-0.1, -0.05) is 5.16 Å². The maximum atomic E-state index is 12.8. The molecule has 0 radical (unpaired) electrons. The van der Waals surface area contributed by atoms with Crippen molar-refractivity contribution in [2.75, 3.05) is 36.1 Å². The molecule has 9 nitrogen and oxygen atoms in total. The molecule has 4 aromatic heterocycles. The zero-order valence-corrected chi connectivity index (χ0v) is 18.5. The van der Waals surface area contributed by atoms with E-state index in [9.17, 15) is 13.2 Å². The van der Waals surface area contributed by atoms with Crippen molar-refractivity contribution in [2.24, 2.45) is 0 Å². The number of hydrogen-bond acceptors (Lipinski definition) is 10. The van der Waals surface area contributed by atoms with Crippen molar-refractivity contribution >= 4 is 28.7 Å². The number of alkyl halides is 3. The average Bonchev–Trinajstić information content (AvgIpc) is 3.54. The molecule has 0 aromatic carbocycles. The molecular weight excluding hydrogens is 471 g/mol. The molecule has 0 aliphatic carbocycles. The van der Waals surface area contributed by atoms with Crippen molar-refractivity contribution in [1.82, 2.24) is 25.1 Å². The minimum absolute atomic E-state index is 0.109. The quantitative estimate of drug-likeness (QED) is 0.395. The monoisotopic (exact) mass is 489 g/mol. The summed E-state index contributed by atoms with van der Waals surface area (Å²) in [5.41, 5.74) is 1.00. The molecular formula is C21H18F3N7O2S. The summed E-state index contributed by atoms with van der Waals surface area (Å²) in [5.74, 6) is -0.236. The van der Waals surface area contributed by atoms with Crippen LogP contribution in [0.4, 0.5) is 30.5 Å². The standard InChI is InChI=1S/C21H18F3N7O2S/c22-21(23,24)20-28-19(29-33-20)16-3-2-15(34-16)13-31(18-12-25-5-6-26-18)17-4-1-14(11-27-17)30-7-9-32-10-8-30/h1-6,11-12H,7-10,13H2. The van der Waals surface area contributed by atoms with Crippen molar-refractivity contribution in [3.05, 3.63) is 59.8 Å². The van der Waals surface area contributed by atoms with Crippen LogP contribution in [0.5, 0.6) is 0 Å². The topological polar surface area (TPSA) is 93.3 Å². The number of ether oxygens (including phenoxy) is 1. The van der Waals surface area contributed by atoms with Crippen molar-refractivity contribution < 1.29 is 22.4 Å². The molecule has 0 unspecified atom stereocenters. The number of nitrogens with zero attached hydrogens (tertiary/aromatic N) is 7. The Morgan fingerprint density at radius 3 is 2.53 bits per heavy atom. The van der Waals surface area contributed by atoms with E-state index in [0.717, 1.165) is 23.7 Å². The van der Waals surface area contributed by atoms with E-state index < -0.39 is 12.1 Å². The fourth-order valence-corrected chi connectivity index (χ4v) is 4.36. The van der Waals surface area contributed by atoms with Gasteiger partial charge in [0.2, 0.25) is 5.82 Å². The molecule has 0 N–H and O–H groups in total. The summed E-state index contributed by atoms with van der Waals surface area (Å²) < 4.78 is 48.1. The van der Waals surface area contributed by atoms with E-state index in [1.54, 1.807) is 30.7 Å². The van der Waals surface area contributed by atoms with Crippen LogP contribution in [0.25, 0.3) is 10.7 Å². The van der Waals surface area contributed by atoms with Crippen LogP contribution in [-0.4, -0.2) is 51.4 Å². The maximum Gasteiger partial charge on any atom is 0.471 e. The summed E-state index contributed by atoms with van der Waals surface area (Å²) in [7, 11) is 0. The number of hydrogen-bond donors (Lipinski definition) is 0. The number of anilines is 3. The molecule has 5 heterocycles. The Morgan fingerprint density at radius 1 is 1.00 bits per heavy atom. The Kier molecular flexibility index (Phi) is 6.11. The predicted octanol–water partition coefficient (Wildman–Crippen LogP) is 4.18. The largest absolute Gasteiger partial charge is 0.471 e. The van der Waals surface area contributed by atoms with E-state index in [1.807, 2.05) is 23.2 Å². The highest BCUT2D eigenvalue weighted by atomic mass is 32.1. The Bertz CT molecular complexity index is 1230. The lowest BCUT2D eigenvalue weighted by Crippen LogP contribution is -2.36. The second-order valence-corrected chi connectivity index (χ2v) is 8.48. The molecule has 1 aliphatic rings. The second-order valence-electron chi connectivity index (χ2n) is 7.31. The van der Waals surface area contributed by atoms with E-state index in [1.165, 1.54) is 11.3 Å². The van der Waals surface area contributed by atoms with Gasteiger partial charge in [0.25, 0.3) is 0 Å². The lowest BCUT2D eigenvalue weighted by atomic mass is 10.3. The van der Waals surface area contributed by atoms with Crippen molar-refractivity contribution in [2.45, 2.75) is 12.7 Å². The summed E-state index contributed by atoms with van der Waals surface area (Å²) in [6.07, 6.45) is 1.91. The van der Waals surface area contributed by atoms with Gasteiger partial charge >= 0.3 is 12.1 Å². The van der Waals surface area contributed by atoms with E-state index in [2.05, 4.69) is 34.5 Å². The summed E-state index contributed by atoms with van der Waals surface area (Å²) in [4.78, 5) is 22.0. The summed E-state index contributed by atoms with van der Waals surface area (Å²) in [5, 5.41) is 3.46. The van der Waals surface area contributed by atoms with Crippen LogP contribution in [0.3, 0.4) is 0 Å². The molecule has 0 saturated carbocycles. The zero-order chi connectivity index (χ0) is 23.5. The highest BCUT2D eigenvalue weighted by Crippen LogP contribution is 2.33. The van der Waals surface area contributed by atoms with Gasteiger partial charge in [0.05, 0.1) is 42.7 Å². The number of thiophene rings is 1. The highest BCUT2D eigenvalue weighted by molar-refractivity contribution is 7.15. The molecule has 1 fully saturated rings. The van der Waals surface area contributed by atoms with Crippen molar-refractivity contribution in [3.63, 3.8) is 0 Å². The molecule has 1 aliphatic heterocycles. The van der Waals surface area contributed by atoms with Crippen LogP contribution in [0.15, 0.2) is 53.6 Å².